The van der Waals surface area contributed by atoms with Gasteiger partial charge in [0.2, 0.25) is 0 Å². The van der Waals surface area contributed by atoms with Gasteiger partial charge in [-0.15, -0.1) is 0 Å². The lowest BCUT2D eigenvalue weighted by molar-refractivity contribution is -0.140. The van der Waals surface area contributed by atoms with E-state index >= 15 is 0 Å². The smallest absolute Gasteiger partial charge is 0.307 e. The van der Waals surface area contributed by atoms with E-state index in [1.54, 1.807) is 6.92 Å². The van der Waals surface area contributed by atoms with Crippen molar-refractivity contribution in [3.05, 3.63) is 42.0 Å². The van der Waals surface area contributed by atoms with Crippen LogP contribution in [0.2, 0.25) is 0 Å². The molecule has 1 aliphatic carbocycles. The summed E-state index contributed by atoms with van der Waals surface area (Å²) in [5.41, 5.74) is 1.55. The van der Waals surface area contributed by atoms with Gasteiger partial charge in [-0.2, -0.15) is 0 Å². The monoisotopic (exact) mass is 397 g/mol. The largest absolute Gasteiger partial charge is 0.490 e. The number of hydrogen-bond acceptors (Lipinski definition) is 3. The lowest BCUT2D eigenvalue weighted by Gasteiger charge is -2.37. The molecule has 0 aromatic heterocycles. The summed E-state index contributed by atoms with van der Waals surface area (Å²) in [6.45, 7) is 9.89. The molecule has 1 atom stereocenters. The molecule has 4 heteroatoms. The van der Waals surface area contributed by atoms with Crippen LogP contribution < -0.4 is 10.1 Å². The van der Waals surface area contributed by atoms with Crippen LogP contribution in [0.4, 0.5) is 0 Å². The highest BCUT2D eigenvalue weighted by atomic mass is 16.5. The molecule has 1 unspecified atom stereocenters. The first-order chi connectivity index (χ1) is 13.7. The van der Waals surface area contributed by atoms with Crippen molar-refractivity contribution in [1.82, 2.24) is 5.32 Å². The fourth-order valence-corrected chi connectivity index (χ4v) is 4.22. The van der Waals surface area contributed by atoms with Crippen molar-refractivity contribution in [2.75, 3.05) is 6.54 Å². The minimum atomic E-state index is -0.768. The van der Waals surface area contributed by atoms with Gasteiger partial charge in [-0.1, -0.05) is 45.9 Å². The highest BCUT2D eigenvalue weighted by molar-refractivity contribution is 5.84. The summed E-state index contributed by atoms with van der Waals surface area (Å²) in [5, 5.41) is 14.5. The number of hydrogen-bond donors (Lipinski definition) is 2. The van der Waals surface area contributed by atoms with Crippen molar-refractivity contribution < 1.29 is 14.6 Å². The second kappa shape index (κ2) is 9.17. The molecule has 1 saturated carbocycles. The lowest BCUT2D eigenvalue weighted by atomic mass is 9.72. The van der Waals surface area contributed by atoms with Gasteiger partial charge in [0.1, 0.15) is 5.75 Å². The molecule has 0 aliphatic heterocycles. The molecule has 0 amide bonds. The number of carboxylic acids is 1. The molecule has 158 valence electrons. The topological polar surface area (TPSA) is 58.6 Å². The number of ether oxygens (including phenoxy) is 1. The Hall–Kier alpha value is -2.07. The first-order valence-corrected chi connectivity index (χ1v) is 10.9. The Kier molecular flexibility index (Phi) is 6.84. The van der Waals surface area contributed by atoms with Crippen LogP contribution >= 0.6 is 0 Å². The van der Waals surface area contributed by atoms with E-state index in [0.717, 1.165) is 30.1 Å². The maximum atomic E-state index is 10.9. The molecule has 29 heavy (non-hydrogen) atoms. The van der Waals surface area contributed by atoms with E-state index in [1.165, 1.54) is 23.6 Å². The summed E-state index contributed by atoms with van der Waals surface area (Å²) in [6, 6.07) is 12.7. The average molecular weight is 398 g/mol. The number of rotatable bonds is 7. The third kappa shape index (κ3) is 5.96. The maximum Gasteiger partial charge on any atom is 0.307 e. The van der Waals surface area contributed by atoms with Crippen molar-refractivity contribution in [2.45, 2.75) is 66.0 Å². The summed E-state index contributed by atoms with van der Waals surface area (Å²) in [4.78, 5) is 10.9. The Morgan fingerprint density at radius 1 is 1.10 bits per heavy atom. The molecule has 4 nitrogen and oxygen atoms in total. The third-order valence-electron chi connectivity index (χ3n) is 6.28. The zero-order valence-electron chi connectivity index (χ0n) is 18.2. The van der Waals surface area contributed by atoms with Gasteiger partial charge in [0.05, 0.1) is 12.0 Å². The quantitative estimate of drug-likeness (QED) is 0.635. The Balaban J connectivity index is 1.56. The number of aliphatic carboxylic acids is 1. The van der Waals surface area contributed by atoms with Crippen molar-refractivity contribution >= 4 is 16.7 Å². The van der Waals surface area contributed by atoms with E-state index in [4.69, 9.17) is 9.84 Å². The second-order valence-corrected chi connectivity index (χ2v) is 9.67. The molecule has 1 fully saturated rings. The summed E-state index contributed by atoms with van der Waals surface area (Å²) < 4.78 is 6.30. The number of benzene rings is 2. The number of carbonyl (C=O) groups is 1. The molecule has 1 aliphatic rings. The molecular formula is C25H35NO3. The summed E-state index contributed by atoms with van der Waals surface area (Å²) in [5.74, 6) is 0.603. The van der Waals surface area contributed by atoms with E-state index < -0.39 is 5.97 Å². The summed E-state index contributed by atoms with van der Waals surface area (Å²) in [6.07, 6.45) is 5.10. The molecule has 2 aromatic carbocycles. The fourth-order valence-electron chi connectivity index (χ4n) is 4.22. The minimum absolute atomic E-state index is 0.325. The summed E-state index contributed by atoms with van der Waals surface area (Å²) >= 11 is 0. The normalized spacial score (nSPS) is 21.1. The first kappa shape index (κ1) is 21.6. The third-order valence-corrected chi connectivity index (χ3v) is 6.28. The molecule has 0 radical (unpaired) electrons. The van der Waals surface area contributed by atoms with Gasteiger partial charge in [-0.05, 0) is 71.6 Å². The van der Waals surface area contributed by atoms with Crippen LogP contribution in [-0.2, 0) is 11.3 Å². The standard InChI is InChI=1S/C25H35NO3/c1-17(24(27)28)15-26-16-18-5-6-20-14-23(10-7-19(20)13-18)29-22-11-8-21(9-12-22)25(2,3)4/h5-7,10,13-14,17,21-22,26H,8-9,11-12,15-16H2,1-4H3,(H,27,28)/t17?,21-,22-. The predicted octanol–water partition coefficient (Wildman–Crippen LogP) is 5.63. The zero-order valence-corrected chi connectivity index (χ0v) is 18.2. The van der Waals surface area contributed by atoms with Crippen molar-refractivity contribution in [3.63, 3.8) is 0 Å². The van der Waals surface area contributed by atoms with Crippen molar-refractivity contribution in [1.29, 1.82) is 0 Å². The first-order valence-electron chi connectivity index (χ1n) is 10.9. The Bertz CT molecular complexity index is 832. The van der Waals surface area contributed by atoms with Crippen molar-refractivity contribution in [2.24, 2.45) is 17.3 Å². The van der Waals surface area contributed by atoms with Gasteiger partial charge in [-0.3, -0.25) is 4.79 Å². The van der Waals surface area contributed by atoms with E-state index in [-0.39, 0.29) is 5.92 Å². The molecule has 0 spiro atoms. The fraction of sp³-hybridized carbons (Fsp3) is 0.560. The number of fused-ring (bicyclic) bond motifs is 1. The molecular weight excluding hydrogens is 362 g/mol. The van der Waals surface area contributed by atoms with Crippen LogP contribution in [0.5, 0.6) is 5.75 Å². The van der Waals surface area contributed by atoms with Gasteiger partial charge in [0.25, 0.3) is 0 Å². The SMILES string of the molecule is CC(CNCc1ccc2cc(O[C@H]3CC[C@H](C(C)(C)C)CC3)ccc2c1)C(=O)O. The minimum Gasteiger partial charge on any atom is -0.490 e. The highest BCUT2D eigenvalue weighted by Gasteiger charge is 2.30. The Labute approximate surface area is 174 Å². The lowest BCUT2D eigenvalue weighted by Crippen LogP contribution is -2.30. The summed E-state index contributed by atoms with van der Waals surface area (Å²) in [7, 11) is 0. The number of nitrogens with one attached hydrogen (secondary N) is 1. The molecule has 0 heterocycles. The zero-order chi connectivity index (χ0) is 21.0. The van der Waals surface area contributed by atoms with Gasteiger partial charge >= 0.3 is 5.97 Å². The number of carboxylic acid groups (broad SMARTS) is 1. The van der Waals surface area contributed by atoms with Crippen LogP contribution in [0.1, 0.15) is 58.9 Å². The molecule has 2 aromatic rings. The predicted molar refractivity (Wildman–Crippen MR) is 118 cm³/mol. The van der Waals surface area contributed by atoms with Crippen LogP contribution in [-0.4, -0.2) is 23.7 Å². The average Bonchev–Trinajstić information content (AvgIpc) is 2.67. The van der Waals surface area contributed by atoms with Gasteiger partial charge in [0.15, 0.2) is 0 Å². The van der Waals surface area contributed by atoms with Gasteiger partial charge in [-0.25, -0.2) is 0 Å². The van der Waals surface area contributed by atoms with Crippen LogP contribution in [0.15, 0.2) is 36.4 Å². The Morgan fingerprint density at radius 3 is 2.41 bits per heavy atom. The van der Waals surface area contributed by atoms with E-state index in [2.05, 4.69) is 62.5 Å². The van der Waals surface area contributed by atoms with E-state index in [9.17, 15) is 4.79 Å². The molecule has 0 saturated heterocycles. The van der Waals surface area contributed by atoms with Crippen LogP contribution in [0.3, 0.4) is 0 Å². The molecule has 3 rings (SSSR count). The van der Waals surface area contributed by atoms with Gasteiger partial charge < -0.3 is 15.2 Å². The highest BCUT2D eigenvalue weighted by Crippen LogP contribution is 2.39. The molecule has 2 N–H and O–H groups in total. The van der Waals surface area contributed by atoms with Gasteiger partial charge in [0, 0.05) is 13.1 Å². The van der Waals surface area contributed by atoms with E-state index in [1.807, 2.05) is 0 Å². The molecule has 0 bridgehead atoms. The van der Waals surface area contributed by atoms with Crippen LogP contribution in [0, 0.1) is 17.3 Å². The maximum absolute atomic E-state index is 10.9. The second-order valence-electron chi connectivity index (χ2n) is 9.67. The Morgan fingerprint density at radius 2 is 1.76 bits per heavy atom. The van der Waals surface area contributed by atoms with Crippen molar-refractivity contribution in [3.8, 4) is 5.75 Å². The van der Waals surface area contributed by atoms with E-state index in [0.29, 0.717) is 24.6 Å². The van der Waals surface area contributed by atoms with Crippen LogP contribution in [0.25, 0.3) is 10.8 Å².